The number of benzene rings is 1. The van der Waals surface area contributed by atoms with Crippen LogP contribution in [-0.2, 0) is 6.61 Å². The van der Waals surface area contributed by atoms with E-state index in [0.717, 1.165) is 15.6 Å². The lowest BCUT2D eigenvalue weighted by molar-refractivity contribution is 0.164. The van der Waals surface area contributed by atoms with E-state index in [9.17, 15) is 5.11 Å². The molecule has 0 unspecified atom stereocenters. The van der Waals surface area contributed by atoms with Crippen molar-refractivity contribution in [3.8, 4) is 11.5 Å². The first-order valence-electron chi connectivity index (χ1n) is 4.42. The second kappa shape index (κ2) is 3.79. The normalized spacial score (nSPS) is 14.2. The maximum atomic E-state index is 9.24. The molecular formula is C10H11BrO3. The predicted molar refractivity (Wildman–Crippen MR) is 55.8 cm³/mol. The third-order valence-electron chi connectivity index (χ3n) is 2.31. The molecule has 2 rings (SSSR count). The number of hydrogen-bond donors (Lipinski definition) is 1. The molecule has 0 spiro atoms. The highest BCUT2D eigenvalue weighted by Gasteiger charge is 2.19. The molecule has 0 bridgehead atoms. The third-order valence-corrected chi connectivity index (χ3v) is 3.14. The summed E-state index contributed by atoms with van der Waals surface area (Å²) in [6.07, 6.45) is 0. The number of aliphatic hydroxyl groups is 1. The highest BCUT2D eigenvalue weighted by Crippen LogP contribution is 2.39. The zero-order chi connectivity index (χ0) is 10.1. The van der Waals surface area contributed by atoms with E-state index in [1.54, 1.807) is 0 Å². The predicted octanol–water partition coefficient (Wildman–Crippen LogP) is 2.02. The van der Waals surface area contributed by atoms with Crippen LogP contribution in [-0.4, -0.2) is 18.3 Å². The Morgan fingerprint density at radius 2 is 2.14 bits per heavy atom. The quantitative estimate of drug-likeness (QED) is 0.838. The van der Waals surface area contributed by atoms with E-state index >= 15 is 0 Å². The molecule has 1 aromatic rings. The van der Waals surface area contributed by atoms with Crippen LogP contribution < -0.4 is 9.47 Å². The molecule has 14 heavy (non-hydrogen) atoms. The molecule has 4 heteroatoms. The molecule has 0 fully saturated rings. The largest absolute Gasteiger partial charge is 0.486 e. The topological polar surface area (TPSA) is 38.7 Å². The van der Waals surface area contributed by atoms with Crippen LogP contribution in [0.1, 0.15) is 11.1 Å². The monoisotopic (exact) mass is 258 g/mol. The summed E-state index contributed by atoms with van der Waals surface area (Å²) in [6, 6.07) is 1.88. The molecule has 0 aromatic heterocycles. The number of aliphatic hydroxyl groups excluding tert-OH is 1. The summed E-state index contributed by atoms with van der Waals surface area (Å²) in [5, 5.41) is 9.24. The molecule has 1 aromatic carbocycles. The van der Waals surface area contributed by atoms with E-state index in [-0.39, 0.29) is 6.61 Å². The Kier molecular flexibility index (Phi) is 2.65. The van der Waals surface area contributed by atoms with Gasteiger partial charge >= 0.3 is 0 Å². The van der Waals surface area contributed by atoms with Crippen molar-refractivity contribution in [3.05, 3.63) is 21.7 Å². The average molecular weight is 259 g/mol. The van der Waals surface area contributed by atoms with Gasteiger partial charge in [-0.05, 0) is 18.6 Å². The maximum absolute atomic E-state index is 9.24. The van der Waals surface area contributed by atoms with Gasteiger partial charge in [-0.1, -0.05) is 15.9 Å². The molecule has 0 saturated carbocycles. The van der Waals surface area contributed by atoms with Crippen molar-refractivity contribution in [2.45, 2.75) is 13.5 Å². The van der Waals surface area contributed by atoms with Crippen molar-refractivity contribution < 1.29 is 14.6 Å². The molecule has 0 saturated heterocycles. The van der Waals surface area contributed by atoms with E-state index in [1.807, 2.05) is 13.0 Å². The molecule has 0 atom stereocenters. The summed E-state index contributed by atoms with van der Waals surface area (Å²) >= 11 is 3.42. The van der Waals surface area contributed by atoms with Crippen LogP contribution >= 0.6 is 15.9 Å². The Bertz CT molecular complexity index is 363. The van der Waals surface area contributed by atoms with Crippen molar-refractivity contribution >= 4 is 15.9 Å². The van der Waals surface area contributed by atoms with E-state index in [1.165, 1.54) is 0 Å². The van der Waals surface area contributed by atoms with Gasteiger partial charge in [0.05, 0.1) is 6.61 Å². The average Bonchev–Trinajstić information content (AvgIpc) is 2.20. The zero-order valence-electron chi connectivity index (χ0n) is 7.84. The highest BCUT2D eigenvalue weighted by atomic mass is 79.9. The van der Waals surface area contributed by atoms with Gasteiger partial charge in [0.15, 0.2) is 11.5 Å². The Morgan fingerprint density at radius 3 is 2.86 bits per heavy atom. The van der Waals surface area contributed by atoms with Gasteiger partial charge in [0.25, 0.3) is 0 Å². The number of hydrogen-bond acceptors (Lipinski definition) is 3. The molecule has 1 N–H and O–H groups in total. The van der Waals surface area contributed by atoms with Gasteiger partial charge in [0.1, 0.15) is 13.2 Å². The van der Waals surface area contributed by atoms with Crippen molar-refractivity contribution in [3.63, 3.8) is 0 Å². The van der Waals surface area contributed by atoms with Gasteiger partial charge in [-0.25, -0.2) is 0 Å². The molecule has 1 aliphatic heterocycles. The first-order valence-corrected chi connectivity index (χ1v) is 5.21. The van der Waals surface area contributed by atoms with Gasteiger partial charge < -0.3 is 14.6 Å². The molecule has 3 nitrogen and oxygen atoms in total. The van der Waals surface area contributed by atoms with E-state index in [0.29, 0.717) is 24.7 Å². The first kappa shape index (κ1) is 9.80. The van der Waals surface area contributed by atoms with E-state index < -0.39 is 0 Å². The van der Waals surface area contributed by atoms with Crippen molar-refractivity contribution in [2.24, 2.45) is 0 Å². The summed E-state index contributed by atoms with van der Waals surface area (Å²) in [6.45, 7) is 3.01. The number of rotatable bonds is 1. The molecule has 1 heterocycles. The minimum absolute atomic E-state index is 0.0308. The summed E-state index contributed by atoms with van der Waals surface area (Å²) in [7, 11) is 0. The second-order valence-corrected chi connectivity index (χ2v) is 4.00. The summed E-state index contributed by atoms with van der Waals surface area (Å²) < 4.78 is 11.8. The summed E-state index contributed by atoms with van der Waals surface area (Å²) in [5.74, 6) is 1.39. The molecule has 76 valence electrons. The zero-order valence-corrected chi connectivity index (χ0v) is 9.43. The van der Waals surface area contributed by atoms with Crippen LogP contribution in [0.15, 0.2) is 10.5 Å². The van der Waals surface area contributed by atoms with Crippen molar-refractivity contribution in [1.82, 2.24) is 0 Å². The molecule has 1 aliphatic rings. The summed E-state index contributed by atoms with van der Waals surface area (Å²) in [4.78, 5) is 0. The summed E-state index contributed by atoms with van der Waals surface area (Å²) in [5.41, 5.74) is 1.80. The second-order valence-electron chi connectivity index (χ2n) is 3.14. The van der Waals surface area contributed by atoms with Gasteiger partial charge in [0.2, 0.25) is 0 Å². The lowest BCUT2D eigenvalue weighted by atomic mass is 10.1. The van der Waals surface area contributed by atoms with Crippen LogP contribution in [0.2, 0.25) is 0 Å². The lowest BCUT2D eigenvalue weighted by Gasteiger charge is -2.22. The molecular weight excluding hydrogens is 248 g/mol. The van der Waals surface area contributed by atoms with Crippen LogP contribution in [0.5, 0.6) is 11.5 Å². The highest BCUT2D eigenvalue weighted by molar-refractivity contribution is 9.10. The number of fused-ring (bicyclic) bond motifs is 1. The maximum Gasteiger partial charge on any atom is 0.167 e. The third kappa shape index (κ3) is 1.48. The molecule has 0 aliphatic carbocycles. The first-order chi connectivity index (χ1) is 6.74. The number of ether oxygens (including phenoxy) is 2. The number of halogens is 1. The minimum atomic E-state index is -0.0308. The standard InChI is InChI=1S/C10H11BrO3/c1-6-7(5-12)10-9(4-8(6)11)13-2-3-14-10/h4,12H,2-3,5H2,1H3. The van der Waals surface area contributed by atoms with Gasteiger partial charge in [0, 0.05) is 10.0 Å². The van der Waals surface area contributed by atoms with Crippen molar-refractivity contribution in [1.29, 1.82) is 0 Å². The fourth-order valence-corrected chi connectivity index (χ4v) is 1.95. The van der Waals surface area contributed by atoms with Gasteiger partial charge in [-0.3, -0.25) is 0 Å². The SMILES string of the molecule is Cc1c(Br)cc2c(c1CO)OCCO2. The van der Waals surface area contributed by atoms with Crippen molar-refractivity contribution in [2.75, 3.05) is 13.2 Å². The smallest absolute Gasteiger partial charge is 0.167 e. The van der Waals surface area contributed by atoms with E-state index in [2.05, 4.69) is 15.9 Å². The van der Waals surface area contributed by atoms with Crippen LogP contribution in [0.3, 0.4) is 0 Å². The van der Waals surface area contributed by atoms with Gasteiger partial charge in [-0.15, -0.1) is 0 Å². The Hall–Kier alpha value is -0.740. The Morgan fingerprint density at radius 1 is 1.43 bits per heavy atom. The van der Waals surface area contributed by atoms with Crippen LogP contribution in [0, 0.1) is 6.92 Å². The van der Waals surface area contributed by atoms with E-state index in [4.69, 9.17) is 9.47 Å². The fourth-order valence-electron chi connectivity index (χ4n) is 1.50. The fraction of sp³-hybridized carbons (Fsp3) is 0.400. The van der Waals surface area contributed by atoms with Crippen LogP contribution in [0.25, 0.3) is 0 Å². The molecule has 0 amide bonds. The Balaban J connectivity index is 2.60. The van der Waals surface area contributed by atoms with Crippen LogP contribution in [0.4, 0.5) is 0 Å². The minimum Gasteiger partial charge on any atom is -0.486 e. The van der Waals surface area contributed by atoms with Gasteiger partial charge in [-0.2, -0.15) is 0 Å². The molecule has 0 radical (unpaired) electrons. The lowest BCUT2D eigenvalue weighted by Crippen LogP contribution is -2.17. The Labute approximate surface area is 90.8 Å².